The van der Waals surface area contributed by atoms with Crippen LogP contribution >= 0.6 is 0 Å². The molecule has 2 aliphatic rings. The number of aliphatic hydroxyl groups excluding tert-OH is 1. The number of hydrogen-bond acceptors (Lipinski definition) is 15. The highest BCUT2D eigenvalue weighted by Crippen LogP contribution is 2.30. The molecule has 0 spiro atoms. The minimum atomic E-state index is -1.24. The lowest BCUT2D eigenvalue weighted by molar-refractivity contribution is -0.275. The molecule has 2 saturated heterocycles. The molecular weight excluding hydrogens is 600 g/mol. The van der Waals surface area contributed by atoms with E-state index in [-0.39, 0.29) is 26.1 Å². The summed E-state index contributed by atoms with van der Waals surface area (Å²) in [5, 5.41) is 16.9. The van der Waals surface area contributed by atoms with E-state index < -0.39 is 96.9 Å². The largest absolute Gasteiger partial charge is 0.462 e. The number of nitrogens with one attached hydrogen (secondary N) is 2. The Bertz CT molecular complexity index is 998. The third-order valence-corrected chi connectivity index (χ3v) is 7.51. The fraction of sp³-hybridized carbons (Fsp3) is 0.828. The molecule has 0 saturated carbocycles. The van der Waals surface area contributed by atoms with Gasteiger partial charge in [-0.3, -0.25) is 19.2 Å². The van der Waals surface area contributed by atoms with Crippen LogP contribution in [0.3, 0.4) is 0 Å². The molecule has 0 aromatic carbocycles. The monoisotopic (exact) mass is 648 g/mol. The van der Waals surface area contributed by atoms with Gasteiger partial charge in [0.2, 0.25) is 5.91 Å². The van der Waals surface area contributed by atoms with Gasteiger partial charge >= 0.3 is 17.9 Å². The fourth-order valence-electron chi connectivity index (χ4n) is 5.56. The van der Waals surface area contributed by atoms with Crippen LogP contribution in [-0.2, 0) is 61.9 Å². The molecule has 3 N–H and O–H groups in total. The van der Waals surface area contributed by atoms with Crippen LogP contribution in [0.1, 0.15) is 47.5 Å². The van der Waals surface area contributed by atoms with E-state index in [0.29, 0.717) is 6.29 Å². The van der Waals surface area contributed by atoms with Crippen molar-refractivity contribution in [2.75, 3.05) is 34.5 Å². The lowest BCUT2D eigenvalue weighted by atomic mass is 9.88. The second-order valence-corrected chi connectivity index (χ2v) is 11.2. The Labute approximate surface area is 263 Å². The summed E-state index contributed by atoms with van der Waals surface area (Å²) in [6.07, 6.45) is -7.73. The number of rotatable bonds is 16. The number of ether oxygens (including phenoxy) is 8. The summed E-state index contributed by atoms with van der Waals surface area (Å²) >= 11 is 0. The maximum absolute atomic E-state index is 12.8. The minimum absolute atomic E-state index is 0.0135. The summed E-state index contributed by atoms with van der Waals surface area (Å²) < 4.78 is 44.7. The molecule has 45 heavy (non-hydrogen) atoms. The first-order chi connectivity index (χ1) is 21.3. The van der Waals surface area contributed by atoms with Crippen LogP contribution in [0.4, 0.5) is 0 Å². The van der Waals surface area contributed by atoms with Crippen molar-refractivity contribution in [2.24, 2.45) is 5.92 Å². The number of carbonyl (C=O) groups is 5. The average molecular weight is 649 g/mol. The number of esters is 3. The van der Waals surface area contributed by atoms with Gasteiger partial charge < -0.3 is 58.4 Å². The predicted molar refractivity (Wildman–Crippen MR) is 154 cm³/mol. The summed E-state index contributed by atoms with van der Waals surface area (Å²) in [4.78, 5) is 60.0. The normalized spacial score (nSPS) is 32.9. The molecule has 2 aliphatic heterocycles. The van der Waals surface area contributed by atoms with Crippen LogP contribution in [0, 0.1) is 5.92 Å². The summed E-state index contributed by atoms with van der Waals surface area (Å²) in [6, 6.07) is -1.56. The number of hydrogen-bond donors (Lipinski definition) is 3. The second kappa shape index (κ2) is 18.4. The first kappa shape index (κ1) is 38.5. The van der Waals surface area contributed by atoms with Gasteiger partial charge in [-0.2, -0.15) is 0 Å². The van der Waals surface area contributed by atoms with Crippen molar-refractivity contribution < 1.29 is 67.0 Å². The maximum atomic E-state index is 12.8. The minimum Gasteiger partial charge on any atom is -0.462 e. The molecule has 0 radical (unpaired) electrons. The third kappa shape index (κ3) is 11.2. The SMILES string of the molecule is CNC1C(OC(=O)CC(C)OC(C)=O)[C@@H](C=O)C(COC)O[C@H]1OCC1O[C@@H](C)C(NC(=O)CC(C)OC(C)=O)C(OC)[C@H]1O. The van der Waals surface area contributed by atoms with Gasteiger partial charge in [-0.1, -0.05) is 0 Å². The zero-order chi connectivity index (χ0) is 33.8. The number of amides is 1. The van der Waals surface area contributed by atoms with E-state index in [1.54, 1.807) is 27.8 Å². The zero-order valence-electron chi connectivity index (χ0n) is 27.1. The van der Waals surface area contributed by atoms with Crippen LogP contribution in [-0.4, -0.2) is 137 Å². The van der Waals surface area contributed by atoms with Gasteiger partial charge in [-0.25, -0.2) is 0 Å². The highest BCUT2D eigenvalue weighted by Gasteiger charge is 2.50. The van der Waals surface area contributed by atoms with E-state index in [9.17, 15) is 29.1 Å². The summed E-state index contributed by atoms with van der Waals surface area (Å²) in [7, 11) is 4.40. The lowest BCUT2D eigenvalue weighted by Crippen LogP contribution is -2.65. The number of likely N-dealkylation sites (N-methyl/N-ethyl adjacent to an activating group) is 1. The molecule has 258 valence electrons. The third-order valence-electron chi connectivity index (χ3n) is 7.51. The predicted octanol–water partition coefficient (Wildman–Crippen LogP) is -0.979. The van der Waals surface area contributed by atoms with Crippen LogP contribution in [0.5, 0.6) is 0 Å². The van der Waals surface area contributed by atoms with Crippen molar-refractivity contribution in [3.8, 4) is 0 Å². The van der Waals surface area contributed by atoms with Crippen molar-refractivity contribution in [2.45, 2.75) is 115 Å². The van der Waals surface area contributed by atoms with Crippen molar-refractivity contribution >= 4 is 30.1 Å². The molecule has 0 aromatic rings. The van der Waals surface area contributed by atoms with Gasteiger partial charge in [0.15, 0.2) is 6.29 Å². The van der Waals surface area contributed by atoms with Gasteiger partial charge in [-0.05, 0) is 27.8 Å². The quantitative estimate of drug-likeness (QED) is 0.105. The number of aldehydes is 1. The molecular formula is C29H48N2O14. The first-order valence-electron chi connectivity index (χ1n) is 14.8. The molecule has 0 bridgehead atoms. The molecule has 0 aromatic heterocycles. The van der Waals surface area contributed by atoms with Gasteiger partial charge in [-0.15, -0.1) is 0 Å². The van der Waals surface area contributed by atoms with E-state index in [1.807, 2.05) is 0 Å². The maximum Gasteiger partial charge on any atom is 0.309 e. The molecule has 12 atom stereocenters. The summed E-state index contributed by atoms with van der Waals surface area (Å²) in [5.41, 5.74) is 0. The van der Waals surface area contributed by atoms with Gasteiger partial charge in [0.1, 0.15) is 42.9 Å². The molecule has 16 heteroatoms. The molecule has 2 rings (SSSR count). The summed E-state index contributed by atoms with van der Waals surface area (Å²) in [6.45, 7) is 7.10. The molecule has 2 fully saturated rings. The molecule has 16 nitrogen and oxygen atoms in total. The van der Waals surface area contributed by atoms with Crippen LogP contribution < -0.4 is 10.6 Å². The highest BCUT2D eigenvalue weighted by atomic mass is 16.7. The van der Waals surface area contributed by atoms with Crippen molar-refractivity contribution in [1.82, 2.24) is 10.6 Å². The molecule has 1 amide bonds. The Hall–Kier alpha value is -2.73. The van der Waals surface area contributed by atoms with Crippen LogP contribution in [0.2, 0.25) is 0 Å². The zero-order valence-corrected chi connectivity index (χ0v) is 27.1. The highest BCUT2D eigenvalue weighted by molar-refractivity contribution is 5.77. The molecule has 0 aliphatic carbocycles. The Morgan fingerprint density at radius 2 is 1.53 bits per heavy atom. The van der Waals surface area contributed by atoms with Gasteiger partial charge in [0.25, 0.3) is 0 Å². The van der Waals surface area contributed by atoms with Gasteiger partial charge in [0.05, 0.1) is 56.3 Å². The van der Waals surface area contributed by atoms with Crippen molar-refractivity contribution in [3.05, 3.63) is 0 Å². The van der Waals surface area contributed by atoms with Crippen LogP contribution in [0.15, 0.2) is 0 Å². The molecule has 8 unspecified atom stereocenters. The first-order valence-corrected chi connectivity index (χ1v) is 14.8. The molecule has 2 heterocycles. The van der Waals surface area contributed by atoms with E-state index in [2.05, 4.69) is 10.6 Å². The van der Waals surface area contributed by atoms with Crippen molar-refractivity contribution in [3.63, 3.8) is 0 Å². The number of aliphatic hydroxyl groups is 1. The Kier molecular flexibility index (Phi) is 15.7. The Morgan fingerprint density at radius 1 is 0.911 bits per heavy atom. The Morgan fingerprint density at radius 3 is 2.07 bits per heavy atom. The average Bonchev–Trinajstić information content (AvgIpc) is 2.93. The lowest BCUT2D eigenvalue weighted by Gasteiger charge is -2.46. The van der Waals surface area contributed by atoms with E-state index in [4.69, 9.17) is 37.9 Å². The van der Waals surface area contributed by atoms with Crippen LogP contribution in [0.25, 0.3) is 0 Å². The van der Waals surface area contributed by atoms with Gasteiger partial charge in [0, 0.05) is 28.1 Å². The Balaban J connectivity index is 2.14. The fourth-order valence-corrected chi connectivity index (χ4v) is 5.56. The standard InChI is InChI=1S/C29H48N2O14/c1-14(41-17(4)33)9-22(35)31-24-16(3)43-21(26(37)28(24)39-8)13-40-29-25(30-6)27(19(11-32)20(44-29)12-38-7)45-23(36)10-15(2)42-18(5)34/h11,14-16,19-21,24-30,37H,9-10,12-13H2,1-8H3,(H,31,35)/t14?,15?,16-,19-,20?,21?,24?,25?,26-,27?,28?,29+/m0/s1. The summed E-state index contributed by atoms with van der Waals surface area (Å²) in [5.74, 6) is -3.09. The smallest absolute Gasteiger partial charge is 0.309 e. The number of methoxy groups -OCH3 is 2. The topological polar surface area (TPSA) is 203 Å². The second-order valence-electron chi connectivity index (χ2n) is 11.2. The number of carbonyl (C=O) groups excluding carboxylic acids is 5. The van der Waals surface area contributed by atoms with E-state index >= 15 is 0 Å². The van der Waals surface area contributed by atoms with E-state index in [0.717, 1.165) is 0 Å². The van der Waals surface area contributed by atoms with Crippen molar-refractivity contribution in [1.29, 1.82) is 0 Å². The van der Waals surface area contributed by atoms with E-state index in [1.165, 1.54) is 28.1 Å².